The molecule has 0 spiro atoms. The monoisotopic (exact) mass is 294 g/mol. The van der Waals surface area contributed by atoms with E-state index in [0.717, 1.165) is 12.3 Å². The molecule has 0 atom stereocenters. The van der Waals surface area contributed by atoms with Gasteiger partial charge in [0.25, 0.3) is 0 Å². The third kappa shape index (κ3) is 5.09. The lowest BCUT2D eigenvalue weighted by Gasteiger charge is -2.28. The Bertz CT molecular complexity index is 399. The summed E-state index contributed by atoms with van der Waals surface area (Å²) in [6.07, 6.45) is 12.0. The lowest BCUT2D eigenvalue weighted by molar-refractivity contribution is 0.248. The van der Waals surface area contributed by atoms with E-state index in [-0.39, 0.29) is 17.2 Å². The summed E-state index contributed by atoms with van der Waals surface area (Å²) in [5.41, 5.74) is 0.280. The third-order valence-corrected chi connectivity index (χ3v) is 5.05. The maximum atomic E-state index is 13.6. The minimum atomic E-state index is -0.386. The first-order valence-electron chi connectivity index (χ1n) is 8.63. The number of unbranched alkanes of at least 4 members (excludes halogenated alkanes) is 2. The van der Waals surface area contributed by atoms with E-state index < -0.39 is 0 Å². The third-order valence-electron chi connectivity index (χ3n) is 5.05. The number of rotatable bonds is 7. The lowest BCUT2D eigenvalue weighted by Crippen LogP contribution is -2.15. The largest absolute Gasteiger partial charge is 0.207 e. The number of hydrogen-bond donors (Lipinski definition) is 0. The van der Waals surface area contributed by atoms with Crippen LogP contribution in [0.2, 0.25) is 0 Å². The van der Waals surface area contributed by atoms with Gasteiger partial charge in [-0.3, -0.25) is 0 Å². The first-order chi connectivity index (χ1) is 10.2. The second-order valence-electron chi connectivity index (χ2n) is 6.62. The molecule has 0 bridgehead atoms. The molecule has 0 N–H and O–H groups in total. The quantitative estimate of drug-likeness (QED) is 0.519. The molecule has 0 nitrogen and oxygen atoms in total. The Morgan fingerprint density at radius 2 is 1.48 bits per heavy atom. The van der Waals surface area contributed by atoms with Crippen LogP contribution in [0.1, 0.15) is 70.3 Å². The van der Waals surface area contributed by atoms with Gasteiger partial charge in [-0.2, -0.15) is 0 Å². The fourth-order valence-corrected chi connectivity index (χ4v) is 3.61. The fourth-order valence-electron chi connectivity index (χ4n) is 3.61. The maximum absolute atomic E-state index is 13.6. The Labute approximate surface area is 128 Å². The molecule has 1 saturated carbocycles. The first kappa shape index (κ1) is 16.5. The van der Waals surface area contributed by atoms with E-state index in [1.54, 1.807) is 0 Å². The Morgan fingerprint density at radius 1 is 0.905 bits per heavy atom. The highest BCUT2D eigenvalue weighted by molar-refractivity contribution is 5.19. The standard InChI is InChI=1S/C19H28F2/c1-2-3-4-6-15-9-11-16(12-10-15)13-14-17-18(20)7-5-8-19(17)21/h5,7-8,15-16H,2-4,6,9-14H2,1H3. The van der Waals surface area contributed by atoms with E-state index in [2.05, 4.69) is 6.92 Å². The Morgan fingerprint density at radius 3 is 2.05 bits per heavy atom. The molecule has 1 aromatic rings. The van der Waals surface area contributed by atoms with Crippen molar-refractivity contribution in [2.24, 2.45) is 11.8 Å². The highest BCUT2D eigenvalue weighted by Crippen LogP contribution is 2.34. The molecule has 1 fully saturated rings. The van der Waals surface area contributed by atoms with Crippen molar-refractivity contribution in [3.8, 4) is 0 Å². The molecule has 21 heavy (non-hydrogen) atoms. The van der Waals surface area contributed by atoms with Crippen molar-refractivity contribution in [1.82, 2.24) is 0 Å². The van der Waals surface area contributed by atoms with Crippen LogP contribution in [0.15, 0.2) is 18.2 Å². The van der Waals surface area contributed by atoms with Crippen molar-refractivity contribution < 1.29 is 8.78 Å². The summed E-state index contributed by atoms with van der Waals surface area (Å²) in [7, 11) is 0. The van der Waals surface area contributed by atoms with Gasteiger partial charge in [0.15, 0.2) is 0 Å². The molecular weight excluding hydrogens is 266 g/mol. The van der Waals surface area contributed by atoms with Crippen LogP contribution in [-0.4, -0.2) is 0 Å². The van der Waals surface area contributed by atoms with Gasteiger partial charge in [0.1, 0.15) is 11.6 Å². The van der Waals surface area contributed by atoms with Gasteiger partial charge in [-0.1, -0.05) is 64.4 Å². The fraction of sp³-hybridized carbons (Fsp3) is 0.684. The summed E-state index contributed by atoms with van der Waals surface area (Å²) >= 11 is 0. The van der Waals surface area contributed by atoms with Crippen LogP contribution in [0, 0.1) is 23.5 Å². The van der Waals surface area contributed by atoms with Gasteiger partial charge in [0.05, 0.1) is 0 Å². The molecular formula is C19H28F2. The molecule has 118 valence electrons. The van der Waals surface area contributed by atoms with Gasteiger partial charge in [-0.25, -0.2) is 8.78 Å². The van der Waals surface area contributed by atoms with Crippen LogP contribution in [0.5, 0.6) is 0 Å². The van der Waals surface area contributed by atoms with Crippen LogP contribution in [0.25, 0.3) is 0 Å². The zero-order chi connectivity index (χ0) is 15.1. The molecule has 1 aliphatic carbocycles. The topological polar surface area (TPSA) is 0 Å². The van der Waals surface area contributed by atoms with Gasteiger partial charge in [0, 0.05) is 5.56 Å². The molecule has 0 aromatic heterocycles. The Kier molecular flexibility index (Phi) is 6.66. The minimum absolute atomic E-state index is 0.280. The average molecular weight is 294 g/mol. The number of hydrogen-bond acceptors (Lipinski definition) is 0. The van der Waals surface area contributed by atoms with Crippen molar-refractivity contribution >= 4 is 0 Å². The van der Waals surface area contributed by atoms with Crippen molar-refractivity contribution in [1.29, 1.82) is 0 Å². The van der Waals surface area contributed by atoms with Gasteiger partial charge in [-0.15, -0.1) is 0 Å². The zero-order valence-corrected chi connectivity index (χ0v) is 13.2. The molecule has 1 aromatic carbocycles. The molecule has 0 unspecified atom stereocenters. The van der Waals surface area contributed by atoms with E-state index in [9.17, 15) is 8.78 Å². The minimum Gasteiger partial charge on any atom is -0.207 e. The molecule has 0 radical (unpaired) electrons. The van der Waals surface area contributed by atoms with E-state index >= 15 is 0 Å². The molecule has 0 heterocycles. The van der Waals surface area contributed by atoms with Crippen molar-refractivity contribution in [3.63, 3.8) is 0 Å². The van der Waals surface area contributed by atoms with Crippen molar-refractivity contribution in [3.05, 3.63) is 35.4 Å². The average Bonchev–Trinajstić information content (AvgIpc) is 2.48. The summed E-state index contributed by atoms with van der Waals surface area (Å²) in [5, 5.41) is 0. The van der Waals surface area contributed by atoms with Crippen molar-refractivity contribution in [2.45, 2.75) is 71.1 Å². The van der Waals surface area contributed by atoms with Crippen LogP contribution >= 0.6 is 0 Å². The van der Waals surface area contributed by atoms with Gasteiger partial charge < -0.3 is 0 Å². The van der Waals surface area contributed by atoms with E-state index in [4.69, 9.17) is 0 Å². The molecule has 1 aliphatic rings. The first-order valence-corrected chi connectivity index (χ1v) is 8.63. The molecule has 2 heteroatoms. The summed E-state index contributed by atoms with van der Waals surface area (Å²) in [6, 6.07) is 4.17. The summed E-state index contributed by atoms with van der Waals surface area (Å²) < 4.78 is 27.2. The normalized spacial score (nSPS) is 22.4. The van der Waals surface area contributed by atoms with Gasteiger partial charge in [0.2, 0.25) is 0 Å². The van der Waals surface area contributed by atoms with E-state index in [1.165, 1.54) is 69.6 Å². The smallest absolute Gasteiger partial charge is 0.129 e. The highest BCUT2D eigenvalue weighted by Gasteiger charge is 2.21. The Balaban J connectivity index is 1.71. The van der Waals surface area contributed by atoms with E-state index in [0.29, 0.717) is 12.3 Å². The molecule has 0 aliphatic heterocycles. The highest BCUT2D eigenvalue weighted by atomic mass is 19.1. The maximum Gasteiger partial charge on any atom is 0.129 e. The second-order valence-corrected chi connectivity index (χ2v) is 6.62. The number of benzene rings is 1. The van der Waals surface area contributed by atoms with Crippen LogP contribution in [-0.2, 0) is 6.42 Å². The summed E-state index contributed by atoms with van der Waals surface area (Å²) in [5.74, 6) is 0.788. The van der Waals surface area contributed by atoms with Crippen LogP contribution in [0.4, 0.5) is 8.78 Å². The van der Waals surface area contributed by atoms with Gasteiger partial charge in [-0.05, 0) is 36.8 Å². The van der Waals surface area contributed by atoms with Crippen molar-refractivity contribution in [2.75, 3.05) is 0 Å². The second kappa shape index (κ2) is 8.51. The van der Waals surface area contributed by atoms with Crippen LogP contribution < -0.4 is 0 Å². The zero-order valence-electron chi connectivity index (χ0n) is 13.2. The van der Waals surface area contributed by atoms with E-state index in [1.807, 2.05) is 0 Å². The number of halogens is 2. The predicted octanol–water partition coefficient (Wildman–Crippen LogP) is 6.28. The van der Waals surface area contributed by atoms with Crippen LogP contribution in [0.3, 0.4) is 0 Å². The summed E-state index contributed by atoms with van der Waals surface area (Å²) in [4.78, 5) is 0. The lowest BCUT2D eigenvalue weighted by atomic mass is 9.77. The van der Waals surface area contributed by atoms with Gasteiger partial charge >= 0.3 is 0 Å². The predicted molar refractivity (Wildman–Crippen MR) is 84.3 cm³/mol. The molecule has 2 rings (SSSR count). The molecule has 0 amide bonds. The molecule has 0 saturated heterocycles. The summed E-state index contributed by atoms with van der Waals surface area (Å²) in [6.45, 7) is 2.25. The Hall–Kier alpha value is -0.920. The SMILES string of the molecule is CCCCCC1CCC(CCc2c(F)cccc2F)CC1.